The molecule has 132 valence electrons. The predicted octanol–water partition coefficient (Wildman–Crippen LogP) is 4.65. The molecule has 1 aliphatic heterocycles. The molecule has 25 heavy (non-hydrogen) atoms. The minimum Gasteiger partial charge on any atom is -0.487 e. The molecule has 1 amide bonds. The summed E-state index contributed by atoms with van der Waals surface area (Å²) in [5.74, 6) is 2.27. The molecule has 1 aliphatic rings. The van der Waals surface area contributed by atoms with Gasteiger partial charge in [-0.05, 0) is 32.4 Å². The first-order valence-electron chi connectivity index (χ1n) is 8.63. The second-order valence-corrected chi connectivity index (χ2v) is 8.19. The van der Waals surface area contributed by atoms with Crippen molar-refractivity contribution in [3.05, 3.63) is 65.2 Å². The Morgan fingerprint density at radius 3 is 2.84 bits per heavy atom. The largest absolute Gasteiger partial charge is 0.487 e. The van der Waals surface area contributed by atoms with Gasteiger partial charge >= 0.3 is 0 Å². The van der Waals surface area contributed by atoms with Crippen molar-refractivity contribution in [2.45, 2.75) is 44.6 Å². The molecule has 1 heterocycles. The number of para-hydroxylation sites is 1. The van der Waals surface area contributed by atoms with E-state index in [-0.39, 0.29) is 17.6 Å². The Balaban J connectivity index is 1.57. The molecule has 1 atom stereocenters. The van der Waals surface area contributed by atoms with Crippen LogP contribution in [0.1, 0.15) is 43.0 Å². The molecular formula is C21H25NO2S. The second-order valence-electron chi connectivity index (χ2n) is 7.21. The van der Waals surface area contributed by atoms with Crippen LogP contribution >= 0.6 is 11.8 Å². The van der Waals surface area contributed by atoms with Crippen molar-refractivity contribution in [2.24, 2.45) is 0 Å². The molecular weight excluding hydrogens is 330 g/mol. The second kappa shape index (κ2) is 7.52. The van der Waals surface area contributed by atoms with Crippen LogP contribution in [0, 0.1) is 6.92 Å². The summed E-state index contributed by atoms with van der Waals surface area (Å²) in [6, 6.07) is 16.4. The average Bonchev–Trinajstić information content (AvgIpc) is 2.54. The van der Waals surface area contributed by atoms with Crippen molar-refractivity contribution in [1.82, 2.24) is 5.32 Å². The maximum atomic E-state index is 12.4. The summed E-state index contributed by atoms with van der Waals surface area (Å²) >= 11 is 1.65. The minimum atomic E-state index is -0.277. The highest BCUT2D eigenvalue weighted by molar-refractivity contribution is 7.99. The number of fused-ring (bicyclic) bond motifs is 1. The Kier molecular flexibility index (Phi) is 5.38. The number of rotatable bonds is 5. The zero-order valence-electron chi connectivity index (χ0n) is 15.0. The van der Waals surface area contributed by atoms with Gasteiger partial charge in [-0.1, -0.05) is 48.0 Å². The van der Waals surface area contributed by atoms with Crippen LogP contribution in [0.2, 0.25) is 0 Å². The first-order valence-corrected chi connectivity index (χ1v) is 9.79. The van der Waals surface area contributed by atoms with E-state index in [2.05, 4.69) is 50.4 Å². The standard InChI is InChI=1S/C21H25NO2S/c1-15-7-6-8-16(11-15)13-25-14-20(23)22-18-12-21(2,3)24-19-10-5-4-9-17(18)19/h4-11,18H,12-14H2,1-3H3,(H,22,23). The molecule has 3 nitrogen and oxygen atoms in total. The van der Waals surface area contributed by atoms with Gasteiger partial charge in [0.15, 0.2) is 0 Å². The van der Waals surface area contributed by atoms with Crippen molar-refractivity contribution in [2.75, 3.05) is 5.75 Å². The lowest BCUT2D eigenvalue weighted by atomic mass is 9.90. The molecule has 1 N–H and O–H groups in total. The van der Waals surface area contributed by atoms with Gasteiger partial charge in [0.05, 0.1) is 11.8 Å². The van der Waals surface area contributed by atoms with Crippen LogP contribution in [0.4, 0.5) is 0 Å². The zero-order chi connectivity index (χ0) is 17.9. The molecule has 3 rings (SSSR count). The van der Waals surface area contributed by atoms with E-state index in [1.54, 1.807) is 11.8 Å². The van der Waals surface area contributed by atoms with E-state index in [1.165, 1.54) is 11.1 Å². The third-order valence-electron chi connectivity index (χ3n) is 4.30. The Hall–Kier alpha value is -1.94. The lowest BCUT2D eigenvalue weighted by Crippen LogP contribution is -2.41. The highest BCUT2D eigenvalue weighted by Crippen LogP contribution is 2.39. The fraction of sp³-hybridized carbons (Fsp3) is 0.381. The van der Waals surface area contributed by atoms with Crippen molar-refractivity contribution < 1.29 is 9.53 Å². The third-order valence-corrected chi connectivity index (χ3v) is 5.30. The Labute approximate surface area is 154 Å². The number of aryl methyl sites for hydroxylation is 1. The lowest BCUT2D eigenvalue weighted by molar-refractivity contribution is -0.119. The minimum absolute atomic E-state index is 0.00650. The van der Waals surface area contributed by atoms with E-state index < -0.39 is 0 Å². The van der Waals surface area contributed by atoms with Crippen molar-refractivity contribution in [1.29, 1.82) is 0 Å². The number of thioether (sulfide) groups is 1. The molecule has 0 bridgehead atoms. The maximum Gasteiger partial charge on any atom is 0.230 e. The zero-order valence-corrected chi connectivity index (χ0v) is 15.9. The van der Waals surface area contributed by atoms with E-state index in [1.807, 2.05) is 24.3 Å². The summed E-state index contributed by atoms with van der Waals surface area (Å²) in [5.41, 5.74) is 3.30. The van der Waals surface area contributed by atoms with Gasteiger partial charge in [-0.2, -0.15) is 0 Å². The fourth-order valence-corrected chi connectivity index (χ4v) is 4.02. The molecule has 0 saturated heterocycles. The quantitative estimate of drug-likeness (QED) is 0.849. The molecule has 0 spiro atoms. The van der Waals surface area contributed by atoms with Gasteiger partial charge < -0.3 is 10.1 Å². The molecule has 0 aliphatic carbocycles. The van der Waals surface area contributed by atoms with Crippen molar-refractivity contribution in [3.8, 4) is 5.75 Å². The maximum absolute atomic E-state index is 12.4. The molecule has 0 saturated carbocycles. The van der Waals surface area contributed by atoms with Gasteiger partial charge in [-0.25, -0.2) is 0 Å². The number of amides is 1. The Morgan fingerprint density at radius 2 is 2.04 bits per heavy atom. The van der Waals surface area contributed by atoms with Crippen LogP contribution in [0.25, 0.3) is 0 Å². The summed E-state index contributed by atoms with van der Waals surface area (Å²) in [7, 11) is 0. The van der Waals surface area contributed by atoms with Crippen LogP contribution in [0.15, 0.2) is 48.5 Å². The number of hydrogen-bond donors (Lipinski definition) is 1. The summed E-state index contributed by atoms with van der Waals surface area (Å²) in [4.78, 5) is 12.4. The third kappa shape index (κ3) is 4.79. The molecule has 2 aromatic rings. The molecule has 2 aromatic carbocycles. The Morgan fingerprint density at radius 1 is 1.24 bits per heavy atom. The SMILES string of the molecule is Cc1cccc(CSCC(=O)NC2CC(C)(C)Oc3ccccc32)c1. The van der Waals surface area contributed by atoms with Gasteiger partial charge in [0, 0.05) is 17.7 Å². The van der Waals surface area contributed by atoms with E-state index in [0.29, 0.717) is 5.75 Å². The van der Waals surface area contributed by atoms with E-state index >= 15 is 0 Å². The monoisotopic (exact) mass is 355 g/mol. The van der Waals surface area contributed by atoms with Gasteiger partial charge in [-0.15, -0.1) is 11.8 Å². The molecule has 0 radical (unpaired) electrons. The van der Waals surface area contributed by atoms with Gasteiger partial charge in [-0.3, -0.25) is 4.79 Å². The summed E-state index contributed by atoms with van der Waals surface area (Å²) in [5, 5.41) is 3.19. The number of benzene rings is 2. The summed E-state index contributed by atoms with van der Waals surface area (Å²) in [6.45, 7) is 6.22. The van der Waals surface area contributed by atoms with Crippen LogP contribution < -0.4 is 10.1 Å². The number of carbonyl (C=O) groups excluding carboxylic acids is 1. The van der Waals surface area contributed by atoms with Gasteiger partial charge in [0.25, 0.3) is 0 Å². The van der Waals surface area contributed by atoms with Gasteiger partial charge in [0.2, 0.25) is 5.91 Å². The number of ether oxygens (including phenoxy) is 1. The number of nitrogens with one attached hydrogen (secondary N) is 1. The van der Waals surface area contributed by atoms with E-state index in [4.69, 9.17) is 4.74 Å². The predicted molar refractivity (Wildman–Crippen MR) is 104 cm³/mol. The van der Waals surface area contributed by atoms with Gasteiger partial charge in [0.1, 0.15) is 11.4 Å². The smallest absolute Gasteiger partial charge is 0.230 e. The summed E-state index contributed by atoms with van der Waals surface area (Å²) < 4.78 is 6.02. The lowest BCUT2D eigenvalue weighted by Gasteiger charge is -2.37. The van der Waals surface area contributed by atoms with E-state index in [9.17, 15) is 4.79 Å². The molecule has 4 heteroatoms. The molecule has 0 aromatic heterocycles. The first kappa shape index (κ1) is 17.9. The Bertz CT molecular complexity index is 757. The fourth-order valence-electron chi connectivity index (χ4n) is 3.23. The normalized spacial score (nSPS) is 18.1. The van der Waals surface area contributed by atoms with E-state index in [0.717, 1.165) is 23.5 Å². The number of hydrogen-bond acceptors (Lipinski definition) is 3. The van der Waals surface area contributed by atoms with Crippen molar-refractivity contribution in [3.63, 3.8) is 0 Å². The highest BCUT2D eigenvalue weighted by atomic mass is 32.2. The molecule has 0 fully saturated rings. The van der Waals surface area contributed by atoms with Crippen LogP contribution in [-0.4, -0.2) is 17.3 Å². The van der Waals surface area contributed by atoms with Crippen LogP contribution in [0.5, 0.6) is 5.75 Å². The first-order chi connectivity index (χ1) is 11.9. The average molecular weight is 356 g/mol. The summed E-state index contributed by atoms with van der Waals surface area (Å²) in [6.07, 6.45) is 0.776. The number of carbonyl (C=O) groups is 1. The molecule has 1 unspecified atom stereocenters. The topological polar surface area (TPSA) is 38.3 Å². The van der Waals surface area contributed by atoms with Crippen LogP contribution in [-0.2, 0) is 10.5 Å². The van der Waals surface area contributed by atoms with Crippen LogP contribution in [0.3, 0.4) is 0 Å². The highest BCUT2D eigenvalue weighted by Gasteiger charge is 2.34. The van der Waals surface area contributed by atoms with Crippen molar-refractivity contribution >= 4 is 17.7 Å².